The Labute approximate surface area is 117 Å². The first kappa shape index (κ1) is 14.5. The molecule has 2 heteroatoms. The summed E-state index contributed by atoms with van der Waals surface area (Å²) in [4.78, 5) is 0. The zero-order valence-electron chi connectivity index (χ0n) is 12.4. The number of benzene rings is 1. The van der Waals surface area contributed by atoms with Crippen molar-refractivity contribution in [3.8, 4) is 0 Å². The summed E-state index contributed by atoms with van der Waals surface area (Å²) in [6.45, 7) is 4.51. The number of aryl methyl sites for hydroxylation is 1. The maximum Gasteiger partial charge on any atom is 0.0488 e. The molecule has 2 nitrogen and oxygen atoms in total. The van der Waals surface area contributed by atoms with Crippen molar-refractivity contribution in [2.45, 2.75) is 58.4 Å². The fourth-order valence-corrected chi connectivity index (χ4v) is 3.47. The minimum absolute atomic E-state index is 0.320. The van der Waals surface area contributed by atoms with E-state index in [1.54, 1.807) is 0 Å². The lowest BCUT2D eigenvalue weighted by atomic mass is 9.75. The van der Waals surface area contributed by atoms with Gasteiger partial charge in [0.15, 0.2) is 0 Å². The Balaban J connectivity index is 2.09. The summed E-state index contributed by atoms with van der Waals surface area (Å²) in [6, 6.07) is 9.29. The highest BCUT2D eigenvalue weighted by Gasteiger charge is 2.28. The summed E-state index contributed by atoms with van der Waals surface area (Å²) in [5.41, 5.74) is 5.82. The van der Waals surface area contributed by atoms with E-state index in [9.17, 15) is 0 Å². The second kappa shape index (κ2) is 7.06. The van der Waals surface area contributed by atoms with Gasteiger partial charge in [-0.2, -0.15) is 0 Å². The molecule has 3 N–H and O–H groups in total. The molecule has 1 aromatic carbocycles. The maximum atomic E-state index is 5.84. The van der Waals surface area contributed by atoms with Crippen molar-refractivity contribution in [2.75, 3.05) is 0 Å². The molecule has 0 aromatic heterocycles. The van der Waals surface area contributed by atoms with Crippen LogP contribution >= 0.6 is 0 Å². The highest BCUT2D eigenvalue weighted by Crippen LogP contribution is 2.38. The summed E-state index contributed by atoms with van der Waals surface area (Å²) >= 11 is 0. The Kier molecular flexibility index (Phi) is 5.41. The van der Waals surface area contributed by atoms with Crippen LogP contribution in [0.5, 0.6) is 0 Å². The Morgan fingerprint density at radius 3 is 2.53 bits per heavy atom. The average molecular weight is 260 g/mol. The lowest BCUT2D eigenvalue weighted by molar-refractivity contribution is 0.210. The molecule has 3 atom stereocenters. The van der Waals surface area contributed by atoms with Crippen molar-refractivity contribution < 1.29 is 0 Å². The SMILES string of the molecule is CCc1ccc(C(NN)C2CCCC(CC)C2)cc1. The molecular formula is C17H28N2. The summed E-state index contributed by atoms with van der Waals surface area (Å²) < 4.78 is 0. The van der Waals surface area contributed by atoms with Gasteiger partial charge in [0.1, 0.15) is 0 Å². The smallest absolute Gasteiger partial charge is 0.0488 e. The number of hydrogen-bond donors (Lipinski definition) is 2. The molecule has 1 aliphatic carbocycles. The van der Waals surface area contributed by atoms with Gasteiger partial charge in [0.05, 0.1) is 0 Å². The third-order valence-electron chi connectivity index (χ3n) is 4.80. The molecule has 0 amide bonds. The first-order chi connectivity index (χ1) is 9.28. The fourth-order valence-electron chi connectivity index (χ4n) is 3.47. The maximum absolute atomic E-state index is 5.84. The van der Waals surface area contributed by atoms with Crippen molar-refractivity contribution >= 4 is 0 Å². The zero-order chi connectivity index (χ0) is 13.7. The van der Waals surface area contributed by atoms with Crippen LogP contribution in [0.25, 0.3) is 0 Å². The minimum atomic E-state index is 0.320. The van der Waals surface area contributed by atoms with Crippen LogP contribution in [0.2, 0.25) is 0 Å². The van der Waals surface area contributed by atoms with Crippen LogP contribution in [0.4, 0.5) is 0 Å². The van der Waals surface area contributed by atoms with Gasteiger partial charge in [0.2, 0.25) is 0 Å². The Morgan fingerprint density at radius 2 is 1.95 bits per heavy atom. The van der Waals surface area contributed by atoms with Crippen LogP contribution in [-0.4, -0.2) is 0 Å². The monoisotopic (exact) mass is 260 g/mol. The Hall–Kier alpha value is -0.860. The molecule has 0 spiro atoms. The van der Waals surface area contributed by atoms with E-state index in [0.29, 0.717) is 12.0 Å². The summed E-state index contributed by atoms with van der Waals surface area (Å²) in [5.74, 6) is 7.43. The molecule has 106 valence electrons. The van der Waals surface area contributed by atoms with E-state index >= 15 is 0 Å². The second-order valence-electron chi connectivity index (χ2n) is 5.94. The van der Waals surface area contributed by atoms with E-state index in [2.05, 4.69) is 43.5 Å². The van der Waals surface area contributed by atoms with Crippen LogP contribution < -0.4 is 11.3 Å². The average Bonchev–Trinajstić information content (AvgIpc) is 2.49. The predicted molar refractivity (Wildman–Crippen MR) is 81.6 cm³/mol. The number of nitrogens with one attached hydrogen (secondary N) is 1. The molecule has 3 unspecified atom stereocenters. The van der Waals surface area contributed by atoms with Crippen LogP contribution in [0.1, 0.15) is 63.1 Å². The van der Waals surface area contributed by atoms with Crippen molar-refractivity contribution in [3.63, 3.8) is 0 Å². The molecule has 1 fully saturated rings. The number of rotatable bonds is 5. The Bertz CT molecular complexity index is 371. The zero-order valence-corrected chi connectivity index (χ0v) is 12.4. The topological polar surface area (TPSA) is 38.0 Å². The molecular weight excluding hydrogens is 232 g/mol. The summed E-state index contributed by atoms with van der Waals surface area (Å²) in [5, 5.41) is 0. The molecule has 1 saturated carbocycles. The van der Waals surface area contributed by atoms with E-state index in [1.807, 2.05) is 0 Å². The molecule has 0 saturated heterocycles. The van der Waals surface area contributed by atoms with Gasteiger partial charge in [-0.1, -0.05) is 57.4 Å². The third-order valence-corrected chi connectivity index (χ3v) is 4.80. The van der Waals surface area contributed by atoms with Crippen LogP contribution in [-0.2, 0) is 6.42 Å². The first-order valence-corrected chi connectivity index (χ1v) is 7.83. The molecule has 1 aliphatic rings. The largest absolute Gasteiger partial charge is 0.271 e. The minimum Gasteiger partial charge on any atom is -0.271 e. The number of nitrogens with two attached hydrogens (primary N) is 1. The molecule has 19 heavy (non-hydrogen) atoms. The quantitative estimate of drug-likeness (QED) is 0.621. The van der Waals surface area contributed by atoms with Gasteiger partial charge in [0, 0.05) is 6.04 Å². The normalized spacial score (nSPS) is 25.2. The van der Waals surface area contributed by atoms with Crippen LogP contribution in [0, 0.1) is 11.8 Å². The standard InChI is InChI=1S/C17H28N2/c1-3-13-8-10-15(11-9-13)17(19-18)16-7-5-6-14(4-2)12-16/h8-11,14,16-17,19H,3-7,12,18H2,1-2H3. The van der Waals surface area contributed by atoms with Gasteiger partial charge < -0.3 is 0 Å². The van der Waals surface area contributed by atoms with E-state index in [0.717, 1.165) is 12.3 Å². The third kappa shape index (κ3) is 3.58. The first-order valence-electron chi connectivity index (χ1n) is 7.83. The predicted octanol–water partition coefficient (Wildman–Crippen LogP) is 3.97. The van der Waals surface area contributed by atoms with Gasteiger partial charge >= 0.3 is 0 Å². The van der Waals surface area contributed by atoms with E-state index < -0.39 is 0 Å². The van der Waals surface area contributed by atoms with Crippen molar-refractivity contribution in [1.82, 2.24) is 5.43 Å². The lowest BCUT2D eigenvalue weighted by Crippen LogP contribution is -2.35. The van der Waals surface area contributed by atoms with Gasteiger partial charge in [0.25, 0.3) is 0 Å². The number of hydrazine groups is 1. The van der Waals surface area contributed by atoms with Gasteiger partial charge in [-0.05, 0) is 42.2 Å². The van der Waals surface area contributed by atoms with E-state index in [4.69, 9.17) is 5.84 Å². The van der Waals surface area contributed by atoms with Crippen molar-refractivity contribution in [3.05, 3.63) is 35.4 Å². The summed E-state index contributed by atoms with van der Waals surface area (Å²) in [6.07, 6.45) is 7.79. The lowest BCUT2D eigenvalue weighted by Gasteiger charge is -2.34. The highest BCUT2D eigenvalue weighted by molar-refractivity contribution is 5.25. The molecule has 1 aromatic rings. The molecule has 0 bridgehead atoms. The van der Waals surface area contributed by atoms with Crippen LogP contribution in [0.3, 0.4) is 0 Å². The van der Waals surface area contributed by atoms with E-state index in [1.165, 1.54) is 43.2 Å². The van der Waals surface area contributed by atoms with Gasteiger partial charge in [-0.25, -0.2) is 0 Å². The highest BCUT2D eigenvalue weighted by atomic mass is 15.2. The fraction of sp³-hybridized carbons (Fsp3) is 0.647. The molecule has 0 heterocycles. The second-order valence-corrected chi connectivity index (χ2v) is 5.94. The van der Waals surface area contributed by atoms with Gasteiger partial charge in [-0.3, -0.25) is 11.3 Å². The van der Waals surface area contributed by atoms with E-state index in [-0.39, 0.29) is 0 Å². The Morgan fingerprint density at radius 1 is 1.21 bits per heavy atom. The van der Waals surface area contributed by atoms with Crippen molar-refractivity contribution in [2.24, 2.45) is 17.7 Å². The van der Waals surface area contributed by atoms with Crippen molar-refractivity contribution in [1.29, 1.82) is 0 Å². The van der Waals surface area contributed by atoms with Crippen LogP contribution in [0.15, 0.2) is 24.3 Å². The molecule has 0 aliphatic heterocycles. The van der Waals surface area contributed by atoms with Gasteiger partial charge in [-0.15, -0.1) is 0 Å². The number of hydrogen-bond acceptors (Lipinski definition) is 2. The molecule has 2 rings (SSSR count). The molecule has 0 radical (unpaired) electrons. The summed E-state index contributed by atoms with van der Waals surface area (Å²) in [7, 11) is 0.